The van der Waals surface area contributed by atoms with Crippen LogP contribution >= 0.6 is 0 Å². The van der Waals surface area contributed by atoms with Crippen LogP contribution in [0.25, 0.3) is 0 Å². The van der Waals surface area contributed by atoms with E-state index in [2.05, 4.69) is 17.1 Å². The number of hydrogen-bond acceptors (Lipinski definition) is 4. The van der Waals surface area contributed by atoms with Crippen molar-refractivity contribution in [3.8, 4) is 0 Å². The van der Waals surface area contributed by atoms with Crippen LogP contribution in [0.1, 0.15) is 54.3 Å². The Labute approximate surface area is 172 Å². The zero-order valence-corrected chi connectivity index (χ0v) is 17.3. The highest BCUT2D eigenvalue weighted by Gasteiger charge is 2.44. The van der Waals surface area contributed by atoms with Crippen molar-refractivity contribution in [2.75, 3.05) is 13.1 Å². The Bertz CT molecular complexity index is 839. The molecule has 3 heterocycles. The molecule has 1 aromatic carbocycles. The first-order valence-electron chi connectivity index (χ1n) is 10.6. The van der Waals surface area contributed by atoms with Crippen molar-refractivity contribution >= 4 is 5.91 Å². The zero-order valence-electron chi connectivity index (χ0n) is 17.3. The van der Waals surface area contributed by atoms with Crippen LogP contribution in [0.4, 0.5) is 0 Å². The quantitative estimate of drug-likeness (QED) is 0.865. The van der Waals surface area contributed by atoms with E-state index >= 15 is 0 Å². The number of pyridine rings is 1. The topological polar surface area (TPSA) is 62.7 Å². The normalized spacial score (nSPS) is 23.9. The summed E-state index contributed by atoms with van der Waals surface area (Å²) in [5.41, 5.74) is 3.70. The first-order valence-corrected chi connectivity index (χ1v) is 10.6. The van der Waals surface area contributed by atoms with Crippen LogP contribution in [0.15, 0.2) is 42.5 Å². The maximum atomic E-state index is 12.8. The maximum absolute atomic E-state index is 12.8. The predicted octanol–water partition coefficient (Wildman–Crippen LogP) is 3.51. The Hall–Kier alpha value is -2.24. The monoisotopic (exact) mass is 394 g/mol. The third kappa shape index (κ3) is 4.68. The van der Waals surface area contributed by atoms with Crippen LogP contribution in [0.2, 0.25) is 0 Å². The van der Waals surface area contributed by atoms with Crippen LogP contribution in [0.3, 0.4) is 0 Å². The van der Waals surface area contributed by atoms with Crippen LogP contribution < -0.4 is 0 Å². The van der Waals surface area contributed by atoms with Crippen molar-refractivity contribution in [3.63, 3.8) is 0 Å². The number of aliphatic hydroxyl groups is 1. The van der Waals surface area contributed by atoms with Gasteiger partial charge in [0.25, 0.3) is 0 Å². The fraction of sp³-hybridized carbons (Fsp3) is 0.500. The average molecular weight is 395 g/mol. The standard InChI is InChI=1S/C24H30N2O3/c1-17-12-19(13-18(2)25-17)14-23(28)26-10-8-24(9-11-26)16-21(27)15-22(29-24)20-6-4-3-5-7-20/h3-7,12-13,21-22,27H,8-11,14-16H2,1-2H3/t21-,22-/m1/s1. The van der Waals surface area contributed by atoms with Crippen LogP contribution in [0.5, 0.6) is 0 Å². The molecular weight excluding hydrogens is 364 g/mol. The first-order chi connectivity index (χ1) is 13.9. The number of aliphatic hydroxyl groups excluding tert-OH is 1. The number of carbonyl (C=O) groups is 1. The molecule has 2 saturated heterocycles. The molecule has 29 heavy (non-hydrogen) atoms. The van der Waals surface area contributed by atoms with E-state index in [9.17, 15) is 9.90 Å². The summed E-state index contributed by atoms with van der Waals surface area (Å²) in [4.78, 5) is 19.2. The number of aromatic nitrogens is 1. The lowest BCUT2D eigenvalue weighted by atomic mass is 9.81. The number of benzene rings is 1. The van der Waals surface area contributed by atoms with E-state index in [0.717, 1.165) is 35.4 Å². The number of aryl methyl sites for hydroxylation is 2. The minimum atomic E-state index is -0.362. The molecule has 2 aromatic rings. The molecular formula is C24H30N2O3. The number of carbonyl (C=O) groups excluding carboxylic acids is 1. The smallest absolute Gasteiger partial charge is 0.226 e. The van der Waals surface area contributed by atoms with Gasteiger partial charge in [-0.2, -0.15) is 0 Å². The Morgan fingerprint density at radius 1 is 1.17 bits per heavy atom. The summed E-state index contributed by atoms with van der Waals surface area (Å²) < 4.78 is 6.54. The number of nitrogens with zero attached hydrogens (tertiary/aromatic N) is 2. The van der Waals surface area contributed by atoms with Crippen molar-refractivity contribution in [1.29, 1.82) is 0 Å². The molecule has 5 heteroatoms. The maximum Gasteiger partial charge on any atom is 0.226 e. The second-order valence-corrected chi connectivity index (χ2v) is 8.61. The summed E-state index contributed by atoms with van der Waals surface area (Å²) in [6, 6.07) is 14.1. The van der Waals surface area contributed by atoms with Crippen molar-refractivity contribution in [3.05, 3.63) is 65.0 Å². The van der Waals surface area contributed by atoms with Gasteiger partial charge in [-0.3, -0.25) is 9.78 Å². The van der Waals surface area contributed by atoms with Gasteiger partial charge >= 0.3 is 0 Å². The lowest BCUT2D eigenvalue weighted by Gasteiger charge is -2.48. The largest absolute Gasteiger partial charge is 0.393 e. The minimum Gasteiger partial charge on any atom is -0.393 e. The summed E-state index contributed by atoms with van der Waals surface area (Å²) >= 11 is 0. The second kappa shape index (κ2) is 8.25. The van der Waals surface area contributed by atoms with E-state index in [-0.39, 0.29) is 23.7 Å². The number of ether oxygens (including phenoxy) is 1. The van der Waals surface area contributed by atoms with Gasteiger partial charge in [0.15, 0.2) is 0 Å². The molecule has 4 rings (SSSR count). The molecule has 2 aliphatic rings. The van der Waals surface area contributed by atoms with E-state index in [1.54, 1.807) is 0 Å². The molecule has 1 N–H and O–H groups in total. The van der Waals surface area contributed by atoms with Crippen LogP contribution in [-0.4, -0.2) is 45.7 Å². The predicted molar refractivity (Wildman–Crippen MR) is 111 cm³/mol. The number of likely N-dealkylation sites (tertiary alicyclic amines) is 1. The number of rotatable bonds is 3. The fourth-order valence-electron chi connectivity index (χ4n) is 4.82. The number of hydrogen-bond donors (Lipinski definition) is 1. The molecule has 2 aliphatic heterocycles. The molecule has 0 radical (unpaired) electrons. The summed E-state index contributed by atoms with van der Waals surface area (Å²) in [6.07, 6.45) is 2.80. The van der Waals surface area contributed by atoms with Crippen LogP contribution in [-0.2, 0) is 16.0 Å². The summed E-state index contributed by atoms with van der Waals surface area (Å²) in [5, 5.41) is 10.5. The molecule has 2 fully saturated rings. The van der Waals surface area contributed by atoms with E-state index in [4.69, 9.17) is 4.74 Å². The Morgan fingerprint density at radius 2 is 1.83 bits per heavy atom. The molecule has 0 unspecified atom stereocenters. The Balaban J connectivity index is 1.39. The van der Waals surface area contributed by atoms with E-state index in [1.165, 1.54) is 0 Å². The van der Waals surface area contributed by atoms with Crippen molar-refractivity contribution < 1.29 is 14.6 Å². The van der Waals surface area contributed by atoms with Crippen LogP contribution in [0, 0.1) is 13.8 Å². The van der Waals surface area contributed by atoms with Gasteiger partial charge in [0, 0.05) is 37.3 Å². The molecule has 0 bridgehead atoms. The van der Waals surface area contributed by atoms with Gasteiger partial charge in [-0.25, -0.2) is 0 Å². The average Bonchev–Trinajstić information content (AvgIpc) is 2.68. The number of piperidine rings is 1. The van der Waals surface area contributed by atoms with Crippen molar-refractivity contribution in [1.82, 2.24) is 9.88 Å². The molecule has 0 aliphatic carbocycles. The van der Waals surface area contributed by atoms with Gasteiger partial charge in [0.2, 0.25) is 5.91 Å². The molecule has 5 nitrogen and oxygen atoms in total. The summed E-state index contributed by atoms with van der Waals surface area (Å²) in [5.74, 6) is 0.154. The van der Waals surface area contributed by atoms with Crippen molar-refractivity contribution in [2.24, 2.45) is 0 Å². The van der Waals surface area contributed by atoms with E-state index < -0.39 is 0 Å². The van der Waals surface area contributed by atoms with Gasteiger partial charge in [-0.15, -0.1) is 0 Å². The van der Waals surface area contributed by atoms with Gasteiger partial charge < -0.3 is 14.7 Å². The lowest BCUT2D eigenvalue weighted by Crippen LogP contribution is -2.52. The second-order valence-electron chi connectivity index (χ2n) is 8.61. The molecule has 154 valence electrons. The van der Waals surface area contributed by atoms with E-state index in [1.807, 2.05) is 49.1 Å². The summed E-state index contributed by atoms with van der Waals surface area (Å²) in [6.45, 7) is 5.27. The molecule has 1 amide bonds. The highest BCUT2D eigenvalue weighted by Crippen LogP contribution is 2.43. The SMILES string of the molecule is Cc1cc(CC(=O)N2CCC3(CC2)C[C@H](O)C[C@H](c2ccccc2)O3)cc(C)n1. The van der Waals surface area contributed by atoms with Gasteiger partial charge in [-0.1, -0.05) is 30.3 Å². The van der Waals surface area contributed by atoms with Gasteiger partial charge in [-0.05, 0) is 49.9 Å². The lowest BCUT2D eigenvalue weighted by molar-refractivity contribution is -0.185. The highest BCUT2D eigenvalue weighted by molar-refractivity contribution is 5.79. The van der Waals surface area contributed by atoms with E-state index in [0.29, 0.717) is 32.4 Å². The Morgan fingerprint density at radius 3 is 2.48 bits per heavy atom. The highest BCUT2D eigenvalue weighted by atomic mass is 16.5. The fourth-order valence-corrected chi connectivity index (χ4v) is 4.82. The van der Waals surface area contributed by atoms with Gasteiger partial charge in [0.1, 0.15) is 0 Å². The zero-order chi connectivity index (χ0) is 20.4. The molecule has 0 saturated carbocycles. The molecule has 2 atom stereocenters. The van der Waals surface area contributed by atoms with Crippen molar-refractivity contribution in [2.45, 2.75) is 63.8 Å². The Kier molecular flexibility index (Phi) is 5.70. The molecule has 1 aromatic heterocycles. The minimum absolute atomic E-state index is 0.0787. The third-order valence-electron chi connectivity index (χ3n) is 6.18. The third-order valence-corrected chi connectivity index (χ3v) is 6.18. The van der Waals surface area contributed by atoms with Gasteiger partial charge in [0.05, 0.1) is 24.2 Å². The summed E-state index contributed by atoms with van der Waals surface area (Å²) in [7, 11) is 0. The molecule has 1 spiro atoms. The first kappa shape index (κ1) is 20.0. The number of amides is 1.